The zero-order valence-electron chi connectivity index (χ0n) is 15.0. The van der Waals surface area contributed by atoms with E-state index in [2.05, 4.69) is 15.6 Å². The average molecular weight is 362 g/mol. The summed E-state index contributed by atoms with van der Waals surface area (Å²) in [6.45, 7) is 0.385. The molecule has 2 heterocycles. The molecule has 1 N–H and O–H groups in total. The van der Waals surface area contributed by atoms with E-state index in [9.17, 15) is 4.79 Å². The summed E-state index contributed by atoms with van der Waals surface area (Å²) in [5.74, 6) is 1.25. The number of rotatable bonds is 4. The predicted octanol–water partition coefficient (Wildman–Crippen LogP) is 2.72. The van der Waals surface area contributed by atoms with Gasteiger partial charge in [-0.3, -0.25) is 9.48 Å². The highest BCUT2D eigenvalue weighted by Crippen LogP contribution is 2.23. The fraction of sp³-hybridized carbons (Fsp3) is 0.150. The van der Waals surface area contributed by atoms with Crippen LogP contribution in [-0.4, -0.2) is 35.6 Å². The van der Waals surface area contributed by atoms with Crippen LogP contribution in [0.25, 0.3) is 11.3 Å². The molecule has 1 amide bonds. The van der Waals surface area contributed by atoms with E-state index in [1.807, 2.05) is 48.5 Å². The maximum Gasteiger partial charge on any atom is 0.289 e. The van der Waals surface area contributed by atoms with Crippen LogP contribution in [0.3, 0.4) is 0 Å². The summed E-state index contributed by atoms with van der Waals surface area (Å²) in [5.41, 5.74) is 6.30. The van der Waals surface area contributed by atoms with E-state index in [4.69, 9.17) is 9.47 Å². The van der Waals surface area contributed by atoms with E-state index in [1.165, 1.54) is 0 Å². The van der Waals surface area contributed by atoms with E-state index in [0.29, 0.717) is 18.0 Å². The van der Waals surface area contributed by atoms with Crippen molar-refractivity contribution < 1.29 is 14.3 Å². The van der Waals surface area contributed by atoms with Crippen molar-refractivity contribution in [1.29, 1.82) is 0 Å². The van der Waals surface area contributed by atoms with Gasteiger partial charge in [0, 0.05) is 5.56 Å². The summed E-state index contributed by atoms with van der Waals surface area (Å²) < 4.78 is 12.0. The summed E-state index contributed by atoms with van der Waals surface area (Å²) in [5, 5.41) is 8.85. The van der Waals surface area contributed by atoms with Crippen molar-refractivity contribution in [3.05, 3.63) is 65.9 Å². The van der Waals surface area contributed by atoms with Crippen molar-refractivity contribution in [2.45, 2.75) is 6.54 Å². The number of carbonyl (C=O) groups is 1. The number of hydrogen-bond acceptors (Lipinski definition) is 5. The number of methoxy groups -OCH3 is 2. The van der Waals surface area contributed by atoms with Crippen molar-refractivity contribution in [1.82, 2.24) is 15.2 Å². The molecule has 0 saturated carbocycles. The number of hydrogen-bond donors (Lipinski definition) is 1. The Hall–Kier alpha value is -3.61. The SMILES string of the molecule is COc1ccc(C2=NNC(=O)c3cc(-c4ccc(OC)cc4)nn3C2)cc1. The third-order valence-corrected chi connectivity index (χ3v) is 4.41. The molecule has 1 aliphatic rings. The lowest BCUT2D eigenvalue weighted by molar-refractivity contribution is 0.0947. The van der Waals surface area contributed by atoms with Crippen LogP contribution in [0, 0.1) is 0 Å². The zero-order chi connectivity index (χ0) is 18.8. The van der Waals surface area contributed by atoms with Crippen molar-refractivity contribution >= 4 is 11.6 Å². The molecule has 1 aliphatic heterocycles. The van der Waals surface area contributed by atoms with Crippen molar-refractivity contribution in [2.75, 3.05) is 14.2 Å². The first-order chi connectivity index (χ1) is 13.2. The zero-order valence-corrected chi connectivity index (χ0v) is 15.0. The number of nitrogens with zero attached hydrogens (tertiary/aromatic N) is 3. The Morgan fingerprint density at radius 3 is 2.11 bits per heavy atom. The number of aromatic nitrogens is 2. The quantitative estimate of drug-likeness (QED) is 0.774. The fourth-order valence-corrected chi connectivity index (χ4v) is 2.91. The molecule has 2 aromatic carbocycles. The Balaban J connectivity index is 1.66. The van der Waals surface area contributed by atoms with Crippen LogP contribution in [0.4, 0.5) is 0 Å². The molecule has 0 saturated heterocycles. The molecule has 0 spiro atoms. The standard InChI is InChI=1S/C20H18N4O3/c1-26-15-7-3-13(4-8-15)17-11-19-20(25)22-21-18(12-24(19)23-17)14-5-9-16(27-2)10-6-14/h3-11H,12H2,1-2H3,(H,22,25). The molecular weight excluding hydrogens is 344 g/mol. The Morgan fingerprint density at radius 2 is 1.52 bits per heavy atom. The molecule has 136 valence electrons. The number of amides is 1. The lowest BCUT2D eigenvalue weighted by Gasteiger charge is -2.06. The number of benzene rings is 2. The van der Waals surface area contributed by atoms with Crippen LogP contribution in [-0.2, 0) is 6.54 Å². The fourth-order valence-electron chi connectivity index (χ4n) is 2.91. The lowest BCUT2D eigenvalue weighted by atomic mass is 10.1. The van der Waals surface area contributed by atoms with Gasteiger partial charge in [0.1, 0.15) is 17.2 Å². The van der Waals surface area contributed by atoms with Gasteiger partial charge in [0.15, 0.2) is 0 Å². The van der Waals surface area contributed by atoms with Crippen molar-refractivity contribution in [3.63, 3.8) is 0 Å². The predicted molar refractivity (Wildman–Crippen MR) is 101 cm³/mol. The maximum atomic E-state index is 12.4. The maximum absolute atomic E-state index is 12.4. The van der Waals surface area contributed by atoms with Gasteiger partial charge in [-0.1, -0.05) is 0 Å². The number of ether oxygens (including phenoxy) is 2. The number of hydrazone groups is 1. The molecule has 0 atom stereocenters. The van der Waals surface area contributed by atoms with E-state index in [1.54, 1.807) is 25.0 Å². The first-order valence-electron chi connectivity index (χ1n) is 8.41. The minimum Gasteiger partial charge on any atom is -0.497 e. The Labute approximate surface area is 156 Å². The van der Waals surface area contributed by atoms with E-state index in [0.717, 1.165) is 28.3 Å². The topological polar surface area (TPSA) is 77.7 Å². The molecule has 0 radical (unpaired) electrons. The lowest BCUT2D eigenvalue weighted by Crippen LogP contribution is -2.18. The molecule has 7 heteroatoms. The minimum atomic E-state index is -0.286. The van der Waals surface area contributed by atoms with Gasteiger partial charge in [0.25, 0.3) is 5.91 Å². The van der Waals surface area contributed by atoms with E-state index in [-0.39, 0.29) is 5.91 Å². The Bertz CT molecular complexity index is 1000. The largest absolute Gasteiger partial charge is 0.497 e. The average Bonchev–Trinajstić information content (AvgIpc) is 3.08. The van der Waals surface area contributed by atoms with Gasteiger partial charge in [-0.05, 0) is 60.2 Å². The number of nitrogens with one attached hydrogen (secondary N) is 1. The molecule has 27 heavy (non-hydrogen) atoms. The summed E-state index contributed by atoms with van der Waals surface area (Å²) in [7, 11) is 3.24. The summed E-state index contributed by atoms with van der Waals surface area (Å²) in [6, 6.07) is 16.9. The van der Waals surface area contributed by atoms with Gasteiger partial charge in [-0.2, -0.15) is 10.2 Å². The second kappa shape index (κ2) is 6.95. The molecule has 0 aliphatic carbocycles. The van der Waals surface area contributed by atoms with Crippen LogP contribution < -0.4 is 14.9 Å². The minimum absolute atomic E-state index is 0.286. The first-order valence-corrected chi connectivity index (χ1v) is 8.41. The smallest absolute Gasteiger partial charge is 0.289 e. The number of fused-ring (bicyclic) bond motifs is 1. The molecule has 7 nitrogen and oxygen atoms in total. The Morgan fingerprint density at radius 1 is 0.926 bits per heavy atom. The Kier molecular flexibility index (Phi) is 4.33. The monoisotopic (exact) mass is 362 g/mol. The highest BCUT2D eigenvalue weighted by atomic mass is 16.5. The van der Waals surface area contributed by atoms with Crippen LogP contribution in [0.2, 0.25) is 0 Å². The van der Waals surface area contributed by atoms with Gasteiger partial charge in [0.05, 0.1) is 32.2 Å². The van der Waals surface area contributed by atoms with Crippen molar-refractivity contribution in [2.24, 2.45) is 5.10 Å². The molecule has 0 bridgehead atoms. The second-order valence-corrected chi connectivity index (χ2v) is 6.03. The normalized spacial score (nSPS) is 13.3. The second-order valence-electron chi connectivity index (χ2n) is 6.03. The van der Waals surface area contributed by atoms with Crippen LogP contribution in [0.1, 0.15) is 16.1 Å². The number of carbonyl (C=O) groups excluding carboxylic acids is 1. The van der Waals surface area contributed by atoms with Crippen LogP contribution in [0.15, 0.2) is 59.7 Å². The molecule has 4 rings (SSSR count). The summed E-state index contributed by atoms with van der Waals surface area (Å²) >= 11 is 0. The van der Waals surface area contributed by atoms with E-state index >= 15 is 0 Å². The third-order valence-electron chi connectivity index (χ3n) is 4.41. The van der Waals surface area contributed by atoms with Gasteiger partial charge < -0.3 is 9.47 Å². The molecule has 3 aromatic rings. The van der Waals surface area contributed by atoms with E-state index < -0.39 is 0 Å². The van der Waals surface area contributed by atoms with Crippen LogP contribution >= 0.6 is 0 Å². The van der Waals surface area contributed by atoms with Gasteiger partial charge in [-0.25, -0.2) is 5.43 Å². The van der Waals surface area contributed by atoms with Gasteiger partial charge >= 0.3 is 0 Å². The summed E-state index contributed by atoms with van der Waals surface area (Å²) in [6.07, 6.45) is 0. The molecule has 0 fully saturated rings. The van der Waals surface area contributed by atoms with Gasteiger partial charge in [0.2, 0.25) is 0 Å². The highest BCUT2D eigenvalue weighted by molar-refractivity contribution is 6.04. The van der Waals surface area contributed by atoms with Crippen LogP contribution in [0.5, 0.6) is 11.5 Å². The molecule has 1 aromatic heterocycles. The highest BCUT2D eigenvalue weighted by Gasteiger charge is 2.21. The summed E-state index contributed by atoms with van der Waals surface area (Å²) in [4.78, 5) is 12.4. The van der Waals surface area contributed by atoms with Crippen molar-refractivity contribution in [3.8, 4) is 22.8 Å². The molecule has 0 unspecified atom stereocenters. The molecular formula is C20H18N4O3. The third kappa shape index (κ3) is 3.27. The van der Waals surface area contributed by atoms with Gasteiger partial charge in [-0.15, -0.1) is 0 Å². The first kappa shape index (κ1) is 16.8.